The summed E-state index contributed by atoms with van der Waals surface area (Å²) in [5, 5.41) is 20.8. The van der Waals surface area contributed by atoms with Gasteiger partial charge in [0.25, 0.3) is 0 Å². The van der Waals surface area contributed by atoms with Gasteiger partial charge in [-0.1, -0.05) is 17.7 Å². The first-order chi connectivity index (χ1) is 16.5. The molecule has 1 aliphatic rings. The lowest BCUT2D eigenvalue weighted by Crippen LogP contribution is -2.37. The number of hydrogen-bond donors (Lipinski definition) is 2. The number of nitrogens with zero attached hydrogens (tertiary/aromatic N) is 3. The molecule has 1 saturated heterocycles. The maximum atomic E-state index is 12.9. The van der Waals surface area contributed by atoms with E-state index in [0.717, 1.165) is 29.6 Å². The van der Waals surface area contributed by atoms with E-state index < -0.39 is 6.09 Å². The van der Waals surface area contributed by atoms with Crippen molar-refractivity contribution in [3.05, 3.63) is 47.0 Å². The summed E-state index contributed by atoms with van der Waals surface area (Å²) in [5.41, 5.74) is 2.31. The van der Waals surface area contributed by atoms with Gasteiger partial charge in [0.15, 0.2) is 5.82 Å². The van der Waals surface area contributed by atoms with Crippen LogP contribution in [0.4, 0.5) is 10.6 Å². The third kappa shape index (κ3) is 5.04. The van der Waals surface area contributed by atoms with E-state index in [0.29, 0.717) is 33.6 Å². The number of ether oxygens (including phenoxy) is 2. The second-order valence-electron chi connectivity index (χ2n) is 7.94. The fraction of sp³-hybridized carbons (Fsp3) is 0.333. The Hall–Kier alpha value is -3.45. The fourth-order valence-electron chi connectivity index (χ4n) is 3.90. The van der Waals surface area contributed by atoms with Crippen LogP contribution in [0.2, 0.25) is 5.02 Å². The number of nitrogens with one attached hydrogen (secondary N) is 2. The lowest BCUT2D eigenvalue weighted by molar-refractivity contribution is -0.120. The number of methoxy groups -OCH3 is 1. The van der Waals surface area contributed by atoms with Gasteiger partial charge in [-0.05, 0) is 55.3 Å². The molecule has 1 amide bonds. The lowest BCUT2D eigenvalue weighted by Gasteiger charge is -2.21. The SMILES string of the molecule is COCCOC(=O)n1nc(NC(=O)[C@@H]2CCCNC2)c2cc(-c3cc(C#N)ccc3Cl)ccc21. The molecule has 0 saturated carbocycles. The Balaban J connectivity index is 1.75. The Kier molecular flexibility index (Phi) is 7.43. The van der Waals surface area contributed by atoms with Gasteiger partial charge in [-0.15, -0.1) is 5.10 Å². The Bertz CT molecular complexity index is 1260. The van der Waals surface area contributed by atoms with E-state index in [4.69, 9.17) is 21.1 Å². The molecule has 9 nitrogen and oxygen atoms in total. The molecule has 0 radical (unpaired) electrons. The van der Waals surface area contributed by atoms with Gasteiger partial charge in [-0.25, -0.2) is 4.79 Å². The number of anilines is 1. The van der Waals surface area contributed by atoms with Crippen LogP contribution in [-0.4, -0.2) is 55.2 Å². The number of aromatic nitrogens is 2. The number of hydrogen-bond acceptors (Lipinski definition) is 7. The van der Waals surface area contributed by atoms with Crippen molar-refractivity contribution in [3.63, 3.8) is 0 Å². The minimum absolute atomic E-state index is 0.0702. The second kappa shape index (κ2) is 10.7. The third-order valence-corrected chi connectivity index (χ3v) is 6.01. The predicted octanol–water partition coefficient (Wildman–Crippen LogP) is 3.80. The monoisotopic (exact) mass is 481 g/mol. The van der Waals surface area contributed by atoms with Crippen molar-refractivity contribution in [1.82, 2.24) is 15.1 Å². The average Bonchev–Trinajstić information content (AvgIpc) is 3.22. The molecule has 10 heteroatoms. The molecule has 3 aromatic rings. The molecule has 0 aliphatic carbocycles. The molecule has 1 atom stereocenters. The number of amides is 1. The summed E-state index contributed by atoms with van der Waals surface area (Å²) in [6.07, 6.45) is 1.01. The zero-order valence-electron chi connectivity index (χ0n) is 18.6. The molecule has 2 aromatic carbocycles. The number of rotatable bonds is 6. The van der Waals surface area contributed by atoms with Crippen LogP contribution in [0, 0.1) is 17.2 Å². The maximum absolute atomic E-state index is 12.9. The number of fused-ring (bicyclic) bond motifs is 1. The van der Waals surface area contributed by atoms with E-state index in [1.807, 2.05) is 0 Å². The summed E-state index contributed by atoms with van der Waals surface area (Å²) in [4.78, 5) is 25.6. The predicted molar refractivity (Wildman–Crippen MR) is 128 cm³/mol. The van der Waals surface area contributed by atoms with Crippen molar-refractivity contribution < 1.29 is 19.1 Å². The van der Waals surface area contributed by atoms with Gasteiger partial charge in [-0.3, -0.25) is 4.79 Å². The van der Waals surface area contributed by atoms with E-state index in [1.165, 1.54) is 7.11 Å². The first-order valence-corrected chi connectivity index (χ1v) is 11.3. The zero-order chi connectivity index (χ0) is 24.1. The van der Waals surface area contributed by atoms with Crippen LogP contribution in [0.3, 0.4) is 0 Å². The van der Waals surface area contributed by atoms with Crippen molar-refractivity contribution >= 4 is 40.3 Å². The van der Waals surface area contributed by atoms with Gasteiger partial charge in [0, 0.05) is 29.6 Å². The lowest BCUT2D eigenvalue weighted by atomic mass is 9.98. The molecule has 0 unspecified atom stereocenters. The van der Waals surface area contributed by atoms with Crippen molar-refractivity contribution in [2.45, 2.75) is 12.8 Å². The van der Waals surface area contributed by atoms with E-state index in [1.54, 1.807) is 36.4 Å². The summed E-state index contributed by atoms with van der Waals surface area (Å²) in [6, 6.07) is 12.4. The largest absolute Gasteiger partial charge is 0.445 e. The van der Waals surface area contributed by atoms with Crippen LogP contribution < -0.4 is 10.6 Å². The van der Waals surface area contributed by atoms with Crippen LogP contribution in [-0.2, 0) is 14.3 Å². The number of carbonyl (C=O) groups excluding carboxylic acids is 2. The maximum Gasteiger partial charge on any atom is 0.435 e. The highest BCUT2D eigenvalue weighted by Gasteiger charge is 2.24. The van der Waals surface area contributed by atoms with Crippen LogP contribution in [0.25, 0.3) is 22.0 Å². The molecular weight excluding hydrogens is 458 g/mol. The van der Waals surface area contributed by atoms with E-state index >= 15 is 0 Å². The van der Waals surface area contributed by atoms with E-state index in [9.17, 15) is 14.9 Å². The quantitative estimate of drug-likeness (QED) is 0.514. The van der Waals surface area contributed by atoms with Crippen LogP contribution in [0.15, 0.2) is 36.4 Å². The van der Waals surface area contributed by atoms with Gasteiger partial charge in [0.2, 0.25) is 5.91 Å². The summed E-state index contributed by atoms with van der Waals surface area (Å²) < 4.78 is 11.3. The molecule has 34 heavy (non-hydrogen) atoms. The molecule has 0 bridgehead atoms. The summed E-state index contributed by atoms with van der Waals surface area (Å²) >= 11 is 6.40. The Morgan fingerprint density at radius 1 is 1.29 bits per heavy atom. The molecule has 0 spiro atoms. The molecule has 4 rings (SSSR count). The Morgan fingerprint density at radius 2 is 2.15 bits per heavy atom. The summed E-state index contributed by atoms with van der Waals surface area (Å²) in [5.74, 6) is -0.0994. The molecule has 176 valence electrons. The molecular formula is C24H24ClN5O4. The van der Waals surface area contributed by atoms with Gasteiger partial charge >= 0.3 is 6.09 Å². The number of nitriles is 1. The number of piperidine rings is 1. The number of benzene rings is 2. The van der Waals surface area contributed by atoms with Crippen LogP contribution in [0.5, 0.6) is 0 Å². The van der Waals surface area contributed by atoms with Crippen LogP contribution in [0.1, 0.15) is 18.4 Å². The van der Waals surface area contributed by atoms with Gasteiger partial charge in [-0.2, -0.15) is 9.94 Å². The van der Waals surface area contributed by atoms with Crippen LogP contribution >= 0.6 is 11.6 Å². The minimum atomic E-state index is -0.681. The highest BCUT2D eigenvalue weighted by atomic mass is 35.5. The molecule has 2 N–H and O–H groups in total. The van der Waals surface area contributed by atoms with Crippen molar-refractivity contribution in [2.24, 2.45) is 5.92 Å². The molecule has 1 fully saturated rings. The Morgan fingerprint density at radius 3 is 2.88 bits per heavy atom. The molecule has 2 heterocycles. The molecule has 1 aromatic heterocycles. The Labute approximate surface area is 201 Å². The standard InChI is InChI=1S/C24H24ClN5O4/c1-33-9-10-34-24(32)30-21-7-5-16(18-11-15(13-26)4-6-20(18)25)12-19(21)22(29-30)28-23(31)17-3-2-8-27-14-17/h4-7,11-12,17,27H,2-3,8-10,14H2,1H3,(H,28,29,31)/t17-/m1/s1. The smallest absolute Gasteiger partial charge is 0.435 e. The first-order valence-electron chi connectivity index (χ1n) is 10.9. The first kappa shape index (κ1) is 23.7. The second-order valence-corrected chi connectivity index (χ2v) is 8.35. The third-order valence-electron chi connectivity index (χ3n) is 5.68. The van der Waals surface area contributed by atoms with Crippen molar-refractivity contribution in [3.8, 4) is 17.2 Å². The summed E-state index contributed by atoms with van der Waals surface area (Å²) in [6.45, 7) is 1.80. The highest BCUT2D eigenvalue weighted by Crippen LogP contribution is 2.33. The number of carbonyl (C=O) groups is 2. The van der Waals surface area contributed by atoms with Gasteiger partial charge in [0.1, 0.15) is 6.61 Å². The highest BCUT2D eigenvalue weighted by molar-refractivity contribution is 6.33. The topological polar surface area (TPSA) is 118 Å². The molecule has 1 aliphatic heterocycles. The normalized spacial score (nSPS) is 15.6. The summed E-state index contributed by atoms with van der Waals surface area (Å²) in [7, 11) is 1.51. The van der Waals surface area contributed by atoms with Gasteiger partial charge in [0.05, 0.1) is 29.7 Å². The van der Waals surface area contributed by atoms with E-state index in [2.05, 4.69) is 21.8 Å². The minimum Gasteiger partial charge on any atom is -0.445 e. The average molecular weight is 482 g/mol. The zero-order valence-corrected chi connectivity index (χ0v) is 19.4. The number of halogens is 1. The fourth-order valence-corrected chi connectivity index (χ4v) is 4.13. The van der Waals surface area contributed by atoms with Gasteiger partial charge < -0.3 is 20.1 Å². The van der Waals surface area contributed by atoms with Crippen molar-refractivity contribution in [1.29, 1.82) is 5.26 Å². The van der Waals surface area contributed by atoms with Crippen molar-refractivity contribution in [2.75, 3.05) is 38.7 Å². The van der Waals surface area contributed by atoms with E-state index in [-0.39, 0.29) is 30.9 Å².